The zero-order valence-corrected chi connectivity index (χ0v) is 13.2. The van der Waals surface area contributed by atoms with Gasteiger partial charge in [0.1, 0.15) is 6.54 Å². The van der Waals surface area contributed by atoms with Gasteiger partial charge in [0.2, 0.25) is 11.8 Å². The van der Waals surface area contributed by atoms with Crippen molar-refractivity contribution in [3.8, 4) is 0 Å². The van der Waals surface area contributed by atoms with E-state index in [1.54, 1.807) is 30.3 Å². The molecule has 5 heteroatoms. The summed E-state index contributed by atoms with van der Waals surface area (Å²) < 4.78 is 0. The molecule has 0 atom stereocenters. The average Bonchev–Trinajstić information content (AvgIpc) is 2.46. The summed E-state index contributed by atoms with van der Waals surface area (Å²) in [6.45, 7) is 3.24. The number of hydrogen-bond donors (Lipinski definition) is 1. The number of benzene rings is 2. The Labute approximate surface area is 134 Å². The maximum absolute atomic E-state index is 12.1. The molecule has 2 aromatic rings. The van der Waals surface area contributed by atoms with E-state index in [1.807, 2.05) is 25.1 Å². The summed E-state index contributed by atoms with van der Waals surface area (Å²) in [5.41, 5.74) is 2.22. The van der Waals surface area contributed by atoms with E-state index in [-0.39, 0.29) is 18.4 Å². The van der Waals surface area contributed by atoms with Gasteiger partial charge in [-0.3, -0.25) is 9.59 Å². The van der Waals surface area contributed by atoms with Crippen LogP contribution >= 0.6 is 11.6 Å². The van der Waals surface area contributed by atoms with Crippen LogP contribution in [0.5, 0.6) is 0 Å². The van der Waals surface area contributed by atoms with Gasteiger partial charge in [0.25, 0.3) is 0 Å². The molecule has 1 N–H and O–H groups in total. The third kappa shape index (κ3) is 4.09. The molecule has 0 heterocycles. The summed E-state index contributed by atoms with van der Waals surface area (Å²) in [6, 6.07) is 14.3. The third-order valence-electron chi connectivity index (χ3n) is 3.19. The van der Waals surface area contributed by atoms with Crippen molar-refractivity contribution in [1.82, 2.24) is 0 Å². The number of rotatable bonds is 4. The number of nitrogens with zero attached hydrogens (tertiary/aromatic N) is 1. The Kier molecular flexibility index (Phi) is 5.17. The lowest BCUT2D eigenvalue weighted by molar-refractivity contribution is -0.120. The van der Waals surface area contributed by atoms with Gasteiger partial charge < -0.3 is 10.2 Å². The van der Waals surface area contributed by atoms with Gasteiger partial charge in [-0.25, -0.2) is 0 Å². The molecule has 0 bridgehead atoms. The van der Waals surface area contributed by atoms with E-state index in [2.05, 4.69) is 5.32 Å². The first kappa shape index (κ1) is 16.0. The predicted molar refractivity (Wildman–Crippen MR) is 89.3 cm³/mol. The highest BCUT2D eigenvalue weighted by molar-refractivity contribution is 6.30. The van der Waals surface area contributed by atoms with E-state index >= 15 is 0 Å². The highest BCUT2D eigenvalue weighted by atomic mass is 35.5. The van der Waals surface area contributed by atoms with Crippen LogP contribution in [-0.2, 0) is 9.59 Å². The molecule has 0 spiro atoms. The van der Waals surface area contributed by atoms with Crippen LogP contribution in [0, 0.1) is 6.92 Å². The summed E-state index contributed by atoms with van der Waals surface area (Å²) in [4.78, 5) is 25.5. The van der Waals surface area contributed by atoms with Crippen LogP contribution in [0.4, 0.5) is 11.4 Å². The maximum atomic E-state index is 12.1. The molecule has 2 rings (SSSR count). The van der Waals surface area contributed by atoms with Crippen LogP contribution in [0.15, 0.2) is 48.5 Å². The first-order valence-electron chi connectivity index (χ1n) is 6.86. The largest absolute Gasteiger partial charge is 0.325 e. The molecule has 4 nitrogen and oxygen atoms in total. The van der Waals surface area contributed by atoms with Gasteiger partial charge in [-0.1, -0.05) is 29.8 Å². The fourth-order valence-corrected chi connectivity index (χ4v) is 2.38. The Bertz CT molecular complexity index is 686. The van der Waals surface area contributed by atoms with E-state index in [0.717, 1.165) is 5.56 Å². The van der Waals surface area contributed by atoms with E-state index in [0.29, 0.717) is 16.4 Å². The Balaban J connectivity index is 2.15. The third-order valence-corrected chi connectivity index (χ3v) is 3.42. The number of amides is 2. The second-order valence-electron chi connectivity index (χ2n) is 4.95. The highest BCUT2D eigenvalue weighted by Gasteiger charge is 2.17. The smallest absolute Gasteiger partial charge is 0.244 e. The normalized spacial score (nSPS) is 10.1. The number of anilines is 2. The number of carbonyl (C=O) groups excluding carboxylic acids is 2. The topological polar surface area (TPSA) is 49.4 Å². The van der Waals surface area contributed by atoms with Crippen LogP contribution in [0.2, 0.25) is 5.02 Å². The molecule has 0 unspecified atom stereocenters. The second-order valence-corrected chi connectivity index (χ2v) is 5.39. The van der Waals surface area contributed by atoms with Crippen LogP contribution in [0.25, 0.3) is 0 Å². The lowest BCUT2D eigenvalue weighted by Crippen LogP contribution is -2.37. The molecule has 0 saturated carbocycles. The molecule has 0 radical (unpaired) electrons. The van der Waals surface area contributed by atoms with Crippen molar-refractivity contribution in [2.45, 2.75) is 13.8 Å². The predicted octanol–water partition coefficient (Wildman–Crippen LogP) is 3.64. The van der Waals surface area contributed by atoms with Crippen molar-refractivity contribution >= 4 is 34.8 Å². The zero-order chi connectivity index (χ0) is 16.1. The van der Waals surface area contributed by atoms with E-state index in [1.165, 1.54) is 11.8 Å². The highest BCUT2D eigenvalue weighted by Crippen LogP contribution is 2.23. The van der Waals surface area contributed by atoms with Crippen LogP contribution < -0.4 is 10.2 Å². The minimum absolute atomic E-state index is 0.0489. The average molecular weight is 317 g/mol. The summed E-state index contributed by atoms with van der Waals surface area (Å²) in [5, 5.41) is 3.36. The van der Waals surface area contributed by atoms with Crippen molar-refractivity contribution in [3.63, 3.8) is 0 Å². The quantitative estimate of drug-likeness (QED) is 0.936. The fourth-order valence-electron chi connectivity index (χ4n) is 2.15. The van der Waals surface area contributed by atoms with E-state index in [4.69, 9.17) is 11.6 Å². The van der Waals surface area contributed by atoms with E-state index in [9.17, 15) is 9.59 Å². The first-order valence-corrected chi connectivity index (χ1v) is 7.24. The van der Waals surface area contributed by atoms with Gasteiger partial charge in [-0.05, 0) is 42.8 Å². The minimum Gasteiger partial charge on any atom is -0.325 e. The number of hydrogen-bond acceptors (Lipinski definition) is 2. The number of carbonyl (C=O) groups is 2. The van der Waals surface area contributed by atoms with Crippen LogP contribution in [0.1, 0.15) is 12.5 Å². The van der Waals surface area contributed by atoms with Crippen LogP contribution in [-0.4, -0.2) is 18.4 Å². The van der Waals surface area contributed by atoms with Crippen molar-refractivity contribution in [2.24, 2.45) is 0 Å². The Morgan fingerprint density at radius 3 is 2.41 bits per heavy atom. The lowest BCUT2D eigenvalue weighted by atomic mass is 10.1. The molecule has 2 amide bonds. The minimum atomic E-state index is -0.254. The molecule has 0 fully saturated rings. The molecule has 2 aromatic carbocycles. The lowest BCUT2D eigenvalue weighted by Gasteiger charge is -2.22. The zero-order valence-electron chi connectivity index (χ0n) is 12.5. The summed E-state index contributed by atoms with van der Waals surface area (Å²) in [5.74, 6) is -0.454. The molecular formula is C17H17ClN2O2. The molecule has 22 heavy (non-hydrogen) atoms. The Morgan fingerprint density at radius 2 is 1.82 bits per heavy atom. The van der Waals surface area contributed by atoms with Gasteiger partial charge in [-0.15, -0.1) is 0 Å². The molecule has 0 saturated heterocycles. The number of para-hydroxylation sites is 1. The molecular weight excluding hydrogens is 300 g/mol. The Hall–Kier alpha value is -2.33. The number of nitrogens with one attached hydrogen (secondary N) is 1. The van der Waals surface area contributed by atoms with Crippen LogP contribution in [0.3, 0.4) is 0 Å². The number of halogens is 1. The molecule has 114 valence electrons. The SMILES string of the molecule is CC(=O)N(CC(=O)Nc1ccccc1)c1ccc(Cl)cc1C. The molecule has 0 aromatic heterocycles. The maximum Gasteiger partial charge on any atom is 0.244 e. The molecule has 0 aliphatic carbocycles. The van der Waals surface area contributed by atoms with Crippen molar-refractivity contribution in [2.75, 3.05) is 16.8 Å². The van der Waals surface area contributed by atoms with Gasteiger partial charge in [0.05, 0.1) is 0 Å². The summed E-state index contributed by atoms with van der Waals surface area (Å²) in [6.07, 6.45) is 0. The number of aryl methyl sites for hydroxylation is 1. The monoisotopic (exact) mass is 316 g/mol. The van der Waals surface area contributed by atoms with Crippen molar-refractivity contribution in [3.05, 3.63) is 59.1 Å². The van der Waals surface area contributed by atoms with Gasteiger partial charge in [0, 0.05) is 23.3 Å². The van der Waals surface area contributed by atoms with Crippen molar-refractivity contribution in [1.29, 1.82) is 0 Å². The second kappa shape index (κ2) is 7.09. The van der Waals surface area contributed by atoms with Gasteiger partial charge >= 0.3 is 0 Å². The first-order chi connectivity index (χ1) is 10.5. The van der Waals surface area contributed by atoms with Crippen molar-refractivity contribution < 1.29 is 9.59 Å². The standard InChI is InChI=1S/C17H17ClN2O2/c1-12-10-14(18)8-9-16(12)20(13(2)21)11-17(22)19-15-6-4-3-5-7-15/h3-10H,11H2,1-2H3,(H,19,22). The summed E-state index contributed by atoms with van der Waals surface area (Å²) in [7, 11) is 0. The fraction of sp³-hybridized carbons (Fsp3) is 0.176. The molecule has 0 aliphatic heterocycles. The summed E-state index contributed by atoms with van der Waals surface area (Å²) >= 11 is 5.93. The Morgan fingerprint density at radius 1 is 1.14 bits per heavy atom. The van der Waals surface area contributed by atoms with E-state index < -0.39 is 0 Å². The van der Waals surface area contributed by atoms with Gasteiger partial charge in [-0.2, -0.15) is 0 Å². The van der Waals surface area contributed by atoms with Gasteiger partial charge in [0.15, 0.2) is 0 Å². The molecule has 0 aliphatic rings.